The van der Waals surface area contributed by atoms with Gasteiger partial charge < -0.3 is 19.7 Å². The normalized spacial score (nSPS) is 14.5. The maximum absolute atomic E-state index is 12.0. The Hall–Kier alpha value is -2.26. The zero-order chi connectivity index (χ0) is 14.4. The van der Waals surface area contributed by atoms with Crippen LogP contribution in [0.4, 0.5) is 0 Å². The fraction of sp³-hybridized carbons (Fsp3) is 0.429. The highest BCUT2D eigenvalue weighted by Gasteiger charge is 2.16. The highest BCUT2D eigenvalue weighted by molar-refractivity contribution is 5.77. The van der Waals surface area contributed by atoms with Crippen molar-refractivity contribution >= 4 is 5.91 Å². The molecule has 0 atom stereocenters. The van der Waals surface area contributed by atoms with Crippen molar-refractivity contribution in [3.8, 4) is 17.6 Å². The summed E-state index contributed by atoms with van der Waals surface area (Å²) < 4.78 is 10.5. The van der Waals surface area contributed by atoms with Gasteiger partial charge in [-0.2, -0.15) is 5.26 Å². The van der Waals surface area contributed by atoms with Crippen molar-refractivity contribution in [3.05, 3.63) is 23.8 Å². The van der Waals surface area contributed by atoms with E-state index in [2.05, 4.69) is 5.32 Å². The molecule has 0 bridgehead atoms. The largest absolute Gasteiger partial charge is 0.497 e. The molecule has 1 aliphatic heterocycles. The number of carbonyl (C=O) groups is 1. The van der Waals surface area contributed by atoms with E-state index in [0.717, 1.165) is 13.1 Å². The summed E-state index contributed by atoms with van der Waals surface area (Å²) in [6.07, 6.45) is 0. The van der Waals surface area contributed by atoms with Crippen LogP contribution in [0.1, 0.15) is 5.56 Å². The van der Waals surface area contributed by atoms with E-state index in [4.69, 9.17) is 14.7 Å². The molecule has 1 aliphatic rings. The lowest BCUT2D eigenvalue weighted by Gasteiger charge is -2.27. The van der Waals surface area contributed by atoms with Crippen LogP contribution in [0.2, 0.25) is 0 Å². The predicted octanol–water partition coefficient (Wildman–Crippen LogP) is 0.377. The number of hydrogen-bond acceptors (Lipinski definition) is 5. The maximum atomic E-state index is 12.0. The molecule has 106 valence electrons. The third kappa shape index (κ3) is 3.62. The molecular weight excluding hydrogens is 258 g/mol. The fourth-order valence-corrected chi connectivity index (χ4v) is 1.99. The van der Waals surface area contributed by atoms with E-state index in [1.807, 2.05) is 6.07 Å². The lowest BCUT2D eigenvalue weighted by molar-refractivity contribution is -0.133. The van der Waals surface area contributed by atoms with Crippen molar-refractivity contribution in [2.75, 3.05) is 39.9 Å². The van der Waals surface area contributed by atoms with Crippen LogP contribution >= 0.6 is 0 Å². The number of methoxy groups -OCH3 is 1. The molecule has 0 aromatic heterocycles. The maximum Gasteiger partial charge on any atom is 0.260 e. The number of ether oxygens (including phenoxy) is 2. The van der Waals surface area contributed by atoms with E-state index in [0.29, 0.717) is 30.2 Å². The topological polar surface area (TPSA) is 74.6 Å². The number of hydrogen-bond donors (Lipinski definition) is 1. The van der Waals surface area contributed by atoms with E-state index in [-0.39, 0.29) is 12.5 Å². The number of amides is 1. The Labute approximate surface area is 117 Å². The monoisotopic (exact) mass is 275 g/mol. The average Bonchev–Trinajstić information content (AvgIpc) is 2.53. The summed E-state index contributed by atoms with van der Waals surface area (Å²) in [6, 6.07) is 6.89. The van der Waals surface area contributed by atoms with Gasteiger partial charge in [0, 0.05) is 32.2 Å². The first kappa shape index (κ1) is 14.2. The lowest BCUT2D eigenvalue weighted by Crippen LogP contribution is -2.47. The Kier molecular flexibility index (Phi) is 4.80. The number of piperazine rings is 1. The van der Waals surface area contributed by atoms with Gasteiger partial charge >= 0.3 is 0 Å². The van der Waals surface area contributed by atoms with E-state index >= 15 is 0 Å². The molecule has 2 rings (SSSR count). The number of nitriles is 1. The Morgan fingerprint density at radius 1 is 1.35 bits per heavy atom. The number of rotatable bonds is 4. The van der Waals surface area contributed by atoms with E-state index in [1.54, 1.807) is 23.1 Å². The Morgan fingerprint density at radius 2 is 2.05 bits per heavy atom. The molecule has 6 heteroatoms. The van der Waals surface area contributed by atoms with Gasteiger partial charge in [0.1, 0.15) is 11.5 Å². The van der Waals surface area contributed by atoms with E-state index in [1.165, 1.54) is 7.11 Å². The van der Waals surface area contributed by atoms with Crippen molar-refractivity contribution in [2.24, 2.45) is 0 Å². The van der Waals surface area contributed by atoms with Crippen LogP contribution in [0.25, 0.3) is 0 Å². The van der Waals surface area contributed by atoms with Gasteiger partial charge in [0.25, 0.3) is 5.91 Å². The third-order valence-corrected chi connectivity index (χ3v) is 3.08. The highest BCUT2D eigenvalue weighted by Crippen LogP contribution is 2.22. The van der Waals surface area contributed by atoms with Gasteiger partial charge in [0.2, 0.25) is 0 Å². The summed E-state index contributed by atoms with van der Waals surface area (Å²) in [4.78, 5) is 13.7. The SMILES string of the molecule is COc1cc(C#N)cc(OCC(=O)N2CCNCC2)c1. The molecule has 0 unspecified atom stereocenters. The number of benzene rings is 1. The van der Waals surface area contributed by atoms with E-state index in [9.17, 15) is 4.79 Å². The van der Waals surface area contributed by atoms with Crippen LogP contribution in [0.15, 0.2) is 18.2 Å². The molecule has 1 fully saturated rings. The molecule has 1 heterocycles. The minimum Gasteiger partial charge on any atom is -0.497 e. The molecule has 1 saturated heterocycles. The molecule has 0 spiro atoms. The lowest BCUT2D eigenvalue weighted by atomic mass is 10.2. The molecule has 1 N–H and O–H groups in total. The quantitative estimate of drug-likeness (QED) is 0.859. The van der Waals surface area contributed by atoms with Crippen molar-refractivity contribution in [1.82, 2.24) is 10.2 Å². The average molecular weight is 275 g/mol. The van der Waals surface area contributed by atoms with Gasteiger partial charge in [0.05, 0.1) is 18.7 Å². The summed E-state index contributed by atoms with van der Waals surface area (Å²) >= 11 is 0. The molecule has 0 radical (unpaired) electrons. The van der Waals surface area contributed by atoms with Gasteiger partial charge in [-0.1, -0.05) is 0 Å². The second-order valence-electron chi connectivity index (χ2n) is 4.43. The molecular formula is C14H17N3O3. The summed E-state index contributed by atoms with van der Waals surface area (Å²) in [5.41, 5.74) is 0.439. The second-order valence-corrected chi connectivity index (χ2v) is 4.43. The second kappa shape index (κ2) is 6.78. The standard InChI is InChI=1S/C14H17N3O3/c1-19-12-6-11(9-15)7-13(8-12)20-10-14(18)17-4-2-16-3-5-17/h6-8,16H,2-5,10H2,1H3. The zero-order valence-electron chi connectivity index (χ0n) is 11.4. The van der Waals surface area contributed by atoms with Crippen molar-refractivity contribution < 1.29 is 14.3 Å². The van der Waals surface area contributed by atoms with Gasteiger partial charge in [0.15, 0.2) is 6.61 Å². The minimum atomic E-state index is -0.0483. The zero-order valence-corrected chi connectivity index (χ0v) is 11.4. The van der Waals surface area contributed by atoms with E-state index < -0.39 is 0 Å². The van der Waals surface area contributed by atoms with Crippen LogP contribution in [0, 0.1) is 11.3 Å². The Balaban J connectivity index is 1.96. The predicted molar refractivity (Wildman–Crippen MR) is 72.7 cm³/mol. The molecule has 0 saturated carbocycles. The van der Waals surface area contributed by atoms with Gasteiger partial charge in [-0.25, -0.2) is 0 Å². The molecule has 6 nitrogen and oxygen atoms in total. The smallest absolute Gasteiger partial charge is 0.260 e. The van der Waals surface area contributed by atoms with Crippen LogP contribution in [-0.2, 0) is 4.79 Å². The Bertz CT molecular complexity index is 519. The van der Waals surface area contributed by atoms with Gasteiger partial charge in [-0.15, -0.1) is 0 Å². The number of carbonyl (C=O) groups excluding carboxylic acids is 1. The first-order valence-corrected chi connectivity index (χ1v) is 6.43. The van der Waals surface area contributed by atoms with Crippen molar-refractivity contribution in [1.29, 1.82) is 5.26 Å². The van der Waals surface area contributed by atoms with Crippen molar-refractivity contribution in [3.63, 3.8) is 0 Å². The van der Waals surface area contributed by atoms with Crippen molar-refractivity contribution in [2.45, 2.75) is 0 Å². The fourth-order valence-electron chi connectivity index (χ4n) is 1.99. The number of nitrogens with one attached hydrogen (secondary N) is 1. The molecule has 1 aromatic carbocycles. The van der Waals surface area contributed by atoms with Gasteiger partial charge in [-0.3, -0.25) is 4.79 Å². The van der Waals surface area contributed by atoms with Crippen LogP contribution in [-0.4, -0.2) is 50.7 Å². The summed E-state index contributed by atoms with van der Waals surface area (Å²) in [7, 11) is 1.52. The summed E-state index contributed by atoms with van der Waals surface area (Å²) in [5, 5.41) is 12.1. The minimum absolute atomic E-state index is 0.0297. The molecule has 1 aromatic rings. The first-order chi connectivity index (χ1) is 9.72. The van der Waals surface area contributed by atoms with Gasteiger partial charge in [-0.05, 0) is 12.1 Å². The number of nitrogens with zero attached hydrogens (tertiary/aromatic N) is 2. The third-order valence-electron chi connectivity index (χ3n) is 3.08. The highest BCUT2D eigenvalue weighted by atomic mass is 16.5. The van der Waals surface area contributed by atoms with Crippen LogP contribution in [0.3, 0.4) is 0 Å². The van der Waals surface area contributed by atoms with Crippen LogP contribution < -0.4 is 14.8 Å². The molecule has 1 amide bonds. The molecule has 20 heavy (non-hydrogen) atoms. The summed E-state index contributed by atoms with van der Waals surface area (Å²) in [6.45, 7) is 2.98. The van der Waals surface area contributed by atoms with Crippen LogP contribution in [0.5, 0.6) is 11.5 Å². The first-order valence-electron chi connectivity index (χ1n) is 6.43. The Morgan fingerprint density at radius 3 is 2.70 bits per heavy atom. The molecule has 0 aliphatic carbocycles. The summed E-state index contributed by atoms with van der Waals surface area (Å²) in [5.74, 6) is 0.950.